The minimum Gasteiger partial charge on any atom is -0.322 e. The number of carbonyl (C=O) groups is 1. The van der Waals surface area contributed by atoms with Crippen LogP contribution < -0.4 is 5.32 Å². The van der Waals surface area contributed by atoms with Crippen molar-refractivity contribution in [3.8, 4) is 5.69 Å². The molecule has 29 heavy (non-hydrogen) atoms. The van der Waals surface area contributed by atoms with Crippen LogP contribution in [-0.2, 0) is 0 Å². The SMILES string of the molecule is Cc1cc(C)cc(NC(=O)c2cnc3c(c(C)nn3-c3ccc(F)cc3)c2Cl)c1. The number of hydrogen-bond acceptors (Lipinski definition) is 3. The largest absolute Gasteiger partial charge is 0.322 e. The molecule has 0 aliphatic heterocycles. The maximum atomic E-state index is 13.2. The van der Waals surface area contributed by atoms with Crippen LogP contribution in [0.15, 0.2) is 48.7 Å². The Balaban J connectivity index is 1.75. The molecule has 146 valence electrons. The summed E-state index contributed by atoms with van der Waals surface area (Å²) in [6, 6.07) is 11.7. The number of nitrogens with one attached hydrogen (secondary N) is 1. The van der Waals surface area contributed by atoms with E-state index in [0.717, 1.165) is 11.1 Å². The van der Waals surface area contributed by atoms with E-state index in [2.05, 4.69) is 15.4 Å². The third-order valence-corrected chi connectivity index (χ3v) is 5.00. The summed E-state index contributed by atoms with van der Waals surface area (Å²) in [5, 5.41) is 8.22. The quantitative estimate of drug-likeness (QED) is 0.494. The van der Waals surface area contributed by atoms with Crippen LogP contribution in [0.5, 0.6) is 0 Å². The highest BCUT2D eigenvalue weighted by Gasteiger charge is 2.20. The molecule has 2 aromatic carbocycles. The fraction of sp³-hybridized carbons (Fsp3) is 0.136. The zero-order valence-electron chi connectivity index (χ0n) is 16.1. The first kappa shape index (κ1) is 19.1. The van der Waals surface area contributed by atoms with E-state index in [0.29, 0.717) is 28.1 Å². The van der Waals surface area contributed by atoms with E-state index in [1.807, 2.05) is 32.0 Å². The number of aryl methyl sites for hydroxylation is 3. The Morgan fingerprint density at radius 1 is 1.07 bits per heavy atom. The van der Waals surface area contributed by atoms with Gasteiger partial charge in [-0.05, 0) is 68.3 Å². The van der Waals surface area contributed by atoms with E-state index in [-0.39, 0.29) is 22.3 Å². The second kappa shape index (κ2) is 7.29. The Morgan fingerprint density at radius 3 is 2.38 bits per heavy atom. The molecule has 0 aliphatic rings. The molecular weight excluding hydrogens is 391 g/mol. The van der Waals surface area contributed by atoms with Crippen LogP contribution >= 0.6 is 11.6 Å². The van der Waals surface area contributed by atoms with E-state index in [4.69, 9.17) is 11.6 Å². The second-order valence-electron chi connectivity index (χ2n) is 6.99. The van der Waals surface area contributed by atoms with Crippen molar-refractivity contribution in [2.24, 2.45) is 0 Å². The van der Waals surface area contributed by atoms with Crippen LogP contribution in [0.3, 0.4) is 0 Å². The molecule has 0 radical (unpaired) electrons. The molecule has 0 aliphatic carbocycles. The number of nitrogens with zero attached hydrogens (tertiary/aromatic N) is 3. The lowest BCUT2D eigenvalue weighted by atomic mass is 10.1. The Labute approximate surface area is 172 Å². The molecule has 0 fully saturated rings. The Kier molecular flexibility index (Phi) is 4.80. The van der Waals surface area contributed by atoms with E-state index >= 15 is 0 Å². The van der Waals surface area contributed by atoms with Crippen molar-refractivity contribution >= 4 is 34.2 Å². The number of anilines is 1. The molecule has 0 bridgehead atoms. The number of rotatable bonds is 3. The Morgan fingerprint density at radius 2 is 1.72 bits per heavy atom. The smallest absolute Gasteiger partial charge is 0.258 e. The van der Waals surface area contributed by atoms with Crippen molar-refractivity contribution < 1.29 is 9.18 Å². The summed E-state index contributed by atoms with van der Waals surface area (Å²) >= 11 is 6.58. The zero-order chi connectivity index (χ0) is 20.7. The number of fused-ring (bicyclic) bond motifs is 1. The van der Waals surface area contributed by atoms with E-state index in [9.17, 15) is 9.18 Å². The van der Waals surface area contributed by atoms with Gasteiger partial charge >= 0.3 is 0 Å². The predicted molar refractivity (Wildman–Crippen MR) is 112 cm³/mol. The lowest BCUT2D eigenvalue weighted by Crippen LogP contribution is -2.13. The highest BCUT2D eigenvalue weighted by molar-refractivity contribution is 6.39. The van der Waals surface area contributed by atoms with Crippen LogP contribution in [-0.4, -0.2) is 20.7 Å². The molecule has 0 spiro atoms. The van der Waals surface area contributed by atoms with Gasteiger partial charge in [-0.2, -0.15) is 5.10 Å². The lowest BCUT2D eigenvalue weighted by Gasteiger charge is -2.09. The lowest BCUT2D eigenvalue weighted by molar-refractivity contribution is 0.102. The van der Waals surface area contributed by atoms with Gasteiger partial charge in [0.1, 0.15) is 5.82 Å². The number of aromatic nitrogens is 3. The first-order chi connectivity index (χ1) is 13.8. The van der Waals surface area contributed by atoms with Gasteiger partial charge in [0.15, 0.2) is 5.65 Å². The van der Waals surface area contributed by atoms with Crippen molar-refractivity contribution in [3.05, 3.63) is 81.9 Å². The normalized spacial score (nSPS) is 11.1. The summed E-state index contributed by atoms with van der Waals surface area (Å²) < 4.78 is 14.8. The van der Waals surface area contributed by atoms with Crippen LogP contribution in [0.1, 0.15) is 27.2 Å². The fourth-order valence-electron chi connectivity index (χ4n) is 3.37. The predicted octanol–water partition coefficient (Wildman–Crippen LogP) is 5.39. The van der Waals surface area contributed by atoms with Crippen molar-refractivity contribution in [1.29, 1.82) is 0 Å². The second-order valence-corrected chi connectivity index (χ2v) is 7.37. The summed E-state index contributed by atoms with van der Waals surface area (Å²) in [5.74, 6) is -0.679. The molecule has 0 saturated heterocycles. The van der Waals surface area contributed by atoms with Gasteiger partial charge in [0.25, 0.3) is 5.91 Å². The summed E-state index contributed by atoms with van der Waals surface area (Å²) in [4.78, 5) is 17.2. The average Bonchev–Trinajstić information content (AvgIpc) is 2.99. The van der Waals surface area contributed by atoms with Gasteiger partial charge in [-0.1, -0.05) is 17.7 Å². The van der Waals surface area contributed by atoms with Gasteiger partial charge in [-0.15, -0.1) is 0 Å². The maximum absolute atomic E-state index is 13.2. The highest BCUT2D eigenvalue weighted by atomic mass is 35.5. The van der Waals surface area contributed by atoms with Gasteiger partial charge in [-0.25, -0.2) is 14.1 Å². The molecule has 4 rings (SSSR count). The maximum Gasteiger partial charge on any atom is 0.258 e. The van der Waals surface area contributed by atoms with Gasteiger partial charge < -0.3 is 5.32 Å². The molecule has 0 saturated carbocycles. The van der Waals surface area contributed by atoms with Gasteiger partial charge in [0, 0.05) is 11.9 Å². The number of hydrogen-bond donors (Lipinski definition) is 1. The van der Waals surface area contributed by atoms with Gasteiger partial charge in [0.05, 0.1) is 27.4 Å². The van der Waals surface area contributed by atoms with Gasteiger partial charge in [-0.3, -0.25) is 4.79 Å². The van der Waals surface area contributed by atoms with Gasteiger partial charge in [0.2, 0.25) is 0 Å². The highest BCUT2D eigenvalue weighted by Crippen LogP contribution is 2.30. The van der Waals surface area contributed by atoms with Crippen molar-refractivity contribution in [1.82, 2.24) is 14.8 Å². The molecule has 2 heterocycles. The topological polar surface area (TPSA) is 59.8 Å². The molecule has 4 aromatic rings. The first-order valence-electron chi connectivity index (χ1n) is 9.03. The molecule has 2 aromatic heterocycles. The van der Waals surface area contributed by atoms with Crippen molar-refractivity contribution in [2.75, 3.05) is 5.32 Å². The molecule has 1 N–H and O–H groups in total. The summed E-state index contributed by atoms with van der Waals surface area (Å²) in [7, 11) is 0. The van der Waals surface area contributed by atoms with Crippen LogP contribution in [0.25, 0.3) is 16.7 Å². The van der Waals surface area contributed by atoms with E-state index in [1.54, 1.807) is 23.7 Å². The molecule has 0 unspecified atom stereocenters. The van der Waals surface area contributed by atoms with Crippen molar-refractivity contribution in [3.63, 3.8) is 0 Å². The fourth-order valence-corrected chi connectivity index (χ4v) is 3.73. The summed E-state index contributed by atoms with van der Waals surface area (Å²) in [6.45, 7) is 5.73. The minimum absolute atomic E-state index is 0.264. The standard InChI is InChI=1S/C22H18ClFN4O/c1-12-8-13(2)10-16(9-12)26-22(29)18-11-25-21-19(20(18)23)14(3)27-28(21)17-6-4-15(24)5-7-17/h4-11H,1-3H3,(H,26,29). The molecule has 5 nitrogen and oxygen atoms in total. The molecule has 1 amide bonds. The minimum atomic E-state index is -0.344. The summed E-state index contributed by atoms with van der Waals surface area (Å²) in [6.07, 6.45) is 1.43. The van der Waals surface area contributed by atoms with Crippen molar-refractivity contribution in [2.45, 2.75) is 20.8 Å². The Hall–Kier alpha value is -3.25. The summed E-state index contributed by atoms with van der Waals surface area (Å²) in [5.41, 5.74) is 4.85. The number of benzene rings is 2. The third kappa shape index (κ3) is 3.59. The van der Waals surface area contributed by atoms with E-state index < -0.39 is 0 Å². The third-order valence-electron chi connectivity index (χ3n) is 4.60. The monoisotopic (exact) mass is 408 g/mol. The van der Waals surface area contributed by atoms with Crippen LogP contribution in [0.4, 0.5) is 10.1 Å². The Bertz CT molecular complexity index is 1230. The molecule has 0 atom stereocenters. The number of halogens is 2. The average molecular weight is 409 g/mol. The zero-order valence-corrected chi connectivity index (χ0v) is 16.9. The first-order valence-corrected chi connectivity index (χ1v) is 9.40. The number of pyridine rings is 1. The molecule has 7 heteroatoms. The van der Waals surface area contributed by atoms with Crippen LogP contribution in [0, 0.1) is 26.6 Å². The molecular formula is C22H18ClFN4O. The van der Waals surface area contributed by atoms with Crippen LogP contribution in [0.2, 0.25) is 5.02 Å². The number of amides is 1. The van der Waals surface area contributed by atoms with E-state index in [1.165, 1.54) is 18.3 Å². The number of carbonyl (C=O) groups excluding carboxylic acids is 1.